The Morgan fingerprint density at radius 3 is 2.68 bits per heavy atom. The molecule has 0 aliphatic heterocycles. The molecule has 0 saturated carbocycles. The van der Waals surface area contributed by atoms with E-state index in [1.807, 2.05) is 49.4 Å². The Morgan fingerprint density at radius 1 is 1.18 bits per heavy atom. The van der Waals surface area contributed by atoms with E-state index in [0.29, 0.717) is 12.1 Å². The number of anilines is 1. The zero-order valence-electron chi connectivity index (χ0n) is 12.1. The number of benzene rings is 2. The number of rotatable bonds is 4. The van der Waals surface area contributed by atoms with E-state index in [4.69, 9.17) is 5.26 Å². The molecule has 0 spiro atoms. The molecule has 0 atom stereocenters. The van der Waals surface area contributed by atoms with Crippen LogP contribution in [0.3, 0.4) is 0 Å². The summed E-state index contributed by atoms with van der Waals surface area (Å²) < 4.78 is 1.64. The van der Waals surface area contributed by atoms with E-state index in [2.05, 4.69) is 26.9 Å². The van der Waals surface area contributed by atoms with Crippen molar-refractivity contribution in [3.8, 4) is 11.8 Å². The Labute approximate surface area is 128 Å². The van der Waals surface area contributed by atoms with Gasteiger partial charge in [0.15, 0.2) is 0 Å². The highest BCUT2D eigenvalue weighted by molar-refractivity contribution is 5.54. The predicted octanol–water partition coefficient (Wildman–Crippen LogP) is 2.45. The number of hydrogen-bond donors (Lipinski definition) is 1. The summed E-state index contributed by atoms with van der Waals surface area (Å²) in [6, 6.07) is 15.7. The first-order valence-corrected chi connectivity index (χ1v) is 6.83. The van der Waals surface area contributed by atoms with E-state index in [-0.39, 0.29) is 0 Å². The molecule has 3 rings (SSSR count). The van der Waals surface area contributed by atoms with Crippen molar-refractivity contribution in [3.63, 3.8) is 0 Å². The van der Waals surface area contributed by atoms with Crippen LogP contribution in [0.2, 0.25) is 0 Å². The normalized spacial score (nSPS) is 10.2. The minimum Gasteiger partial charge on any atom is -0.381 e. The zero-order valence-corrected chi connectivity index (χ0v) is 12.1. The molecule has 1 aromatic heterocycles. The quantitative estimate of drug-likeness (QED) is 0.798. The highest BCUT2D eigenvalue weighted by Gasteiger charge is 2.04. The van der Waals surface area contributed by atoms with Crippen LogP contribution in [0.4, 0.5) is 5.69 Å². The van der Waals surface area contributed by atoms with Gasteiger partial charge >= 0.3 is 0 Å². The molecule has 0 aliphatic rings. The second-order valence-electron chi connectivity index (χ2n) is 4.92. The zero-order chi connectivity index (χ0) is 15.4. The van der Waals surface area contributed by atoms with Crippen LogP contribution in [0.25, 0.3) is 5.69 Å². The van der Waals surface area contributed by atoms with Gasteiger partial charge in [-0.2, -0.15) is 5.26 Å². The summed E-state index contributed by atoms with van der Waals surface area (Å²) in [5.41, 5.74) is 4.80. The number of nitriles is 1. The van der Waals surface area contributed by atoms with E-state index < -0.39 is 0 Å². The van der Waals surface area contributed by atoms with Crippen LogP contribution in [-0.2, 0) is 6.54 Å². The first-order chi connectivity index (χ1) is 10.8. The van der Waals surface area contributed by atoms with Gasteiger partial charge in [0, 0.05) is 12.2 Å². The van der Waals surface area contributed by atoms with Gasteiger partial charge in [-0.1, -0.05) is 18.2 Å². The largest absolute Gasteiger partial charge is 0.381 e. The molecule has 0 aliphatic carbocycles. The number of aryl methyl sites for hydroxylation is 1. The van der Waals surface area contributed by atoms with Crippen LogP contribution in [0.1, 0.15) is 16.7 Å². The Hall–Kier alpha value is -3.20. The van der Waals surface area contributed by atoms with Gasteiger partial charge in [-0.15, -0.1) is 5.10 Å². The average molecular weight is 290 g/mol. The van der Waals surface area contributed by atoms with E-state index >= 15 is 0 Å². The number of nitrogens with zero attached hydrogens (tertiary/aromatic N) is 5. The van der Waals surface area contributed by atoms with Crippen LogP contribution >= 0.6 is 0 Å². The Morgan fingerprint density at radius 2 is 2.00 bits per heavy atom. The molecule has 0 fully saturated rings. The summed E-state index contributed by atoms with van der Waals surface area (Å²) in [6.07, 6.45) is 1.58. The average Bonchev–Trinajstić information content (AvgIpc) is 3.09. The minimum absolute atomic E-state index is 0.667. The van der Waals surface area contributed by atoms with E-state index in [1.165, 1.54) is 0 Å². The van der Waals surface area contributed by atoms with Crippen molar-refractivity contribution in [2.75, 3.05) is 5.32 Å². The third-order valence-electron chi connectivity index (χ3n) is 3.38. The minimum atomic E-state index is 0.667. The molecule has 0 bridgehead atoms. The van der Waals surface area contributed by atoms with Gasteiger partial charge in [0.1, 0.15) is 6.33 Å². The molecular formula is C16H14N6. The Bertz CT molecular complexity index is 800. The van der Waals surface area contributed by atoms with Crippen LogP contribution in [0, 0.1) is 18.3 Å². The van der Waals surface area contributed by atoms with Crippen molar-refractivity contribution in [2.45, 2.75) is 13.5 Å². The molecule has 0 amide bonds. The summed E-state index contributed by atoms with van der Waals surface area (Å²) >= 11 is 0. The van der Waals surface area contributed by atoms with Crippen molar-refractivity contribution < 1.29 is 0 Å². The van der Waals surface area contributed by atoms with Gasteiger partial charge in [-0.25, -0.2) is 4.68 Å². The lowest BCUT2D eigenvalue weighted by Crippen LogP contribution is -2.03. The lowest BCUT2D eigenvalue weighted by Gasteiger charge is -2.10. The van der Waals surface area contributed by atoms with Gasteiger partial charge in [0.05, 0.1) is 17.3 Å². The lowest BCUT2D eigenvalue weighted by atomic mass is 10.1. The SMILES string of the molecule is Cc1ccc(NCc2ccc(C#N)cc2)cc1-n1cnnn1. The molecule has 22 heavy (non-hydrogen) atoms. The summed E-state index contributed by atoms with van der Waals surface area (Å²) in [6.45, 7) is 2.70. The smallest absolute Gasteiger partial charge is 0.143 e. The maximum Gasteiger partial charge on any atom is 0.143 e. The first-order valence-electron chi connectivity index (χ1n) is 6.83. The molecule has 0 saturated heterocycles. The maximum atomic E-state index is 8.80. The molecule has 1 heterocycles. The molecule has 6 nitrogen and oxygen atoms in total. The van der Waals surface area contributed by atoms with Crippen molar-refractivity contribution in [1.82, 2.24) is 20.2 Å². The van der Waals surface area contributed by atoms with Gasteiger partial charge in [-0.3, -0.25) is 0 Å². The van der Waals surface area contributed by atoms with Gasteiger partial charge in [-0.05, 0) is 52.7 Å². The summed E-state index contributed by atoms with van der Waals surface area (Å²) in [5.74, 6) is 0. The van der Waals surface area contributed by atoms with Gasteiger partial charge < -0.3 is 5.32 Å². The van der Waals surface area contributed by atoms with Crippen LogP contribution in [0.5, 0.6) is 0 Å². The highest BCUT2D eigenvalue weighted by Crippen LogP contribution is 2.19. The summed E-state index contributed by atoms with van der Waals surface area (Å²) in [4.78, 5) is 0. The van der Waals surface area contributed by atoms with Gasteiger partial charge in [0.2, 0.25) is 0 Å². The Kier molecular flexibility index (Phi) is 3.79. The van der Waals surface area contributed by atoms with Crippen molar-refractivity contribution in [2.24, 2.45) is 0 Å². The van der Waals surface area contributed by atoms with Crippen molar-refractivity contribution >= 4 is 5.69 Å². The number of hydrogen-bond acceptors (Lipinski definition) is 5. The van der Waals surface area contributed by atoms with Crippen molar-refractivity contribution in [1.29, 1.82) is 5.26 Å². The lowest BCUT2D eigenvalue weighted by molar-refractivity contribution is 0.785. The van der Waals surface area contributed by atoms with Crippen LogP contribution < -0.4 is 5.32 Å². The van der Waals surface area contributed by atoms with Crippen LogP contribution in [-0.4, -0.2) is 20.2 Å². The van der Waals surface area contributed by atoms with Gasteiger partial charge in [0.25, 0.3) is 0 Å². The van der Waals surface area contributed by atoms with Crippen molar-refractivity contribution in [3.05, 3.63) is 65.5 Å². The Balaban J connectivity index is 1.75. The third kappa shape index (κ3) is 2.94. The van der Waals surface area contributed by atoms with E-state index in [1.54, 1.807) is 11.0 Å². The molecular weight excluding hydrogens is 276 g/mol. The molecule has 0 radical (unpaired) electrons. The molecule has 3 aromatic rings. The fraction of sp³-hybridized carbons (Fsp3) is 0.125. The second kappa shape index (κ2) is 6.06. The fourth-order valence-electron chi connectivity index (χ4n) is 2.14. The molecule has 2 aromatic carbocycles. The highest BCUT2D eigenvalue weighted by atomic mass is 15.5. The van der Waals surface area contributed by atoms with Crippen LogP contribution in [0.15, 0.2) is 48.8 Å². The first kappa shape index (κ1) is 13.8. The topological polar surface area (TPSA) is 79.4 Å². The third-order valence-corrected chi connectivity index (χ3v) is 3.38. The number of nitrogens with one attached hydrogen (secondary N) is 1. The standard InChI is InChI=1S/C16H14N6/c1-12-2-7-15(8-16(12)22-11-19-20-21-22)18-10-14-5-3-13(9-17)4-6-14/h2-8,11,18H,10H2,1H3. The molecule has 108 valence electrons. The fourth-order valence-corrected chi connectivity index (χ4v) is 2.14. The molecule has 1 N–H and O–H groups in total. The molecule has 6 heteroatoms. The van der Waals surface area contributed by atoms with E-state index in [9.17, 15) is 0 Å². The predicted molar refractivity (Wildman–Crippen MR) is 82.4 cm³/mol. The molecule has 0 unspecified atom stereocenters. The number of tetrazole rings is 1. The maximum absolute atomic E-state index is 8.80. The monoisotopic (exact) mass is 290 g/mol. The summed E-state index contributed by atoms with van der Waals surface area (Å²) in [7, 11) is 0. The summed E-state index contributed by atoms with van der Waals surface area (Å²) in [5, 5.41) is 23.4. The van der Waals surface area contributed by atoms with E-state index in [0.717, 1.165) is 22.5 Å². The second-order valence-corrected chi connectivity index (χ2v) is 4.92. The number of aromatic nitrogens is 4.